The zero-order chi connectivity index (χ0) is 13.9. The zero-order valence-electron chi connectivity index (χ0n) is 11.8. The molecule has 0 spiro atoms. The predicted molar refractivity (Wildman–Crippen MR) is 86.8 cm³/mol. The van der Waals surface area contributed by atoms with E-state index in [0.717, 1.165) is 22.7 Å². The van der Waals surface area contributed by atoms with Gasteiger partial charge in [0.2, 0.25) is 0 Å². The molecule has 0 aliphatic carbocycles. The zero-order valence-corrected chi connectivity index (χ0v) is 13.4. The van der Waals surface area contributed by atoms with E-state index < -0.39 is 0 Å². The van der Waals surface area contributed by atoms with Crippen molar-refractivity contribution in [2.75, 3.05) is 24.7 Å². The van der Waals surface area contributed by atoms with Crippen LogP contribution in [0.15, 0.2) is 23.1 Å². The number of thiocarbonyl (C=S) groups is 1. The number of benzene rings is 1. The molecule has 1 rings (SSSR count). The van der Waals surface area contributed by atoms with Gasteiger partial charge in [0, 0.05) is 29.7 Å². The van der Waals surface area contributed by atoms with E-state index in [1.54, 1.807) is 11.8 Å². The Hall–Kier alpha value is -0.740. The van der Waals surface area contributed by atoms with Crippen LogP contribution in [0.5, 0.6) is 0 Å². The van der Waals surface area contributed by atoms with Crippen molar-refractivity contribution < 1.29 is 0 Å². The van der Waals surface area contributed by atoms with Crippen LogP contribution in [-0.4, -0.2) is 24.8 Å². The monoisotopic (exact) mass is 282 g/mol. The molecular formula is C14H22N2S2. The predicted octanol–water partition coefficient (Wildman–Crippen LogP) is 3.53. The number of nitrogens with two attached hydrogens (primary N) is 1. The van der Waals surface area contributed by atoms with Crippen molar-refractivity contribution >= 4 is 34.7 Å². The standard InChI is InChI=1S/C14H22N2S2/c1-14(2,3)9-16(4)10-7-6-8-11(18-5)12(10)13(15)17/h6-8H,9H2,1-5H3,(H2,15,17). The minimum Gasteiger partial charge on any atom is -0.389 e. The molecule has 0 aliphatic heterocycles. The molecular weight excluding hydrogens is 260 g/mol. The van der Waals surface area contributed by atoms with Crippen molar-refractivity contribution in [1.82, 2.24) is 0 Å². The van der Waals surface area contributed by atoms with Crippen LogP contribution in [-0.2, 0) is 0 Å². The number of anilines is 1. The summed E-state index contributed by atoms with van der Waals surface area (Å²) in [6.07, 6.45) is 2.05. The van der Waals surface area contributed by atoms with Gasteiger partial charge in [-0.1, -0.05) is 39.1 Å². The second kappa shape index (κ2) is 5.93. The molecule has 2 nitrogen and oxygen atoms in total. The smallest absolute Gasteiger partial charge is 0.107 e. The molecule has 0 atom stereocenters. The fraction of sp³-hybridized carbons (Fsp3) is 0.500. The molecule has 0 aromatic heterocycles. The molecule has 0 fully saturated rings. The van der Waals surface area contributed by atoms with Gasteiger partial charge in [-0.2, -0.15) is 0 Å². The van der Waals surface area contributed by atoms with Crippen LogP contribution >= 0.6 is 24.0 Å². The summed E-state index contributed by atoms with van der Waals surface area (Å²) in [5, 5.41) is 0. The lowest BCUT2D eigenvalue weighted by atomic mass is 9.95. The molecule has 100 valence electrons. The quantitative estimate of drug-likeness (QED) is 0.676. The van der Waals surface area contributed by atoms with Crippen molar-refractivity contribution in [3.63, 3.8) is 0 Å². The minimum absolute atomic E-state index is 0.234. The fourth-order valence-corrected chi connectivity index (χ4v) is 2.96. The van der Waals surface area contributed by atoms with Crippen LogP contribution in [0.25, 0.3) is 0 Å². The Morgan fingerprint density at radius 1 is 1.39 bits per heavy atom. The second-order valence-corrected chi connectivity index (χ2v) is 6.92. The average molecular weight is 282 g/mol. The van der Waals surface area contributed by atoms with Crippen molar-refractivity contribution in [3.8, 4) is 0 Å². The molecule has 4 heteroatoms. The first kappa shape index (κ1) is 15.3. The number of hydrogen-bond acceptors (Lipinski definition) is 3. The van der Waals surface area contributed by atoms with Gasteiger partial charge in [0.05, 0.1) is 0 Å². The first-order chi connectivity index (χ1) is 8.26. The lowest BCUT2D eigenvalue weighted by molar-refractivity contribution is 0.419. The van der Waals surface area contributed by atoms with Crippen molar-refractivity contribution in [3.05, 3.63) is 23.8 Å². The molecule has 2 N–H and O–H groups in total. The van der Waals surface area contributed by atoms with E-state index in [4.69, 9.17) is 18.0 Å². The third kappa shape index (κ3) is 3.89. The molecule has 0 bridgehead atoms. The Labute approximate surface area is 120 Å². The van der Waals surface area contributed by atoms with Crippen molar-refractivity contribution in [1.29, 1.82) is 0 Å². The van der Waals surface area contributed by atoms with Crippen LogP contribution in [0.1, 0.15) is 26.3 Å². The van der Waals surface area contributed by atoms with Crippen LogP contribution in [0, 0.1) is 5.41 Å². The number of thioether (sulfide) groups is 1. The maximum atomic E-state index is 5.88. The highest BCUT2D eigenvalue weighted by Gasteiger charge is 2.18. The van der Waals surface area contributed by atoms with Crippen LogP contribution in [0.3, 0.4) is 0 Å². The maximum absolute atomic E-state index is 5.88. The second-order valence-electron chi connectivity index (χ2n) is 5.64. The van der Waals surface area contributed by atoms with E-state index in [1.165, 1.54) is 0 Å². The highest BCUT2D eigenvalue weighted by molar-refractivity contribution is 7.98. The summed E-state index contributed by atoms with van der Waals surface area (Å²) in [7, 11) is 2.09. The van der Waals surface area contributed by atoms with Gasteiger partial charge in [-0.05, 0) is 23.8 Å². The summed E-state index contributed by atoms with van der Waals surface area (Å²) in [6.45, 7) is 7.63. The summed E-state index contributed by atoms with van der Waals surface area (Å²) in [4.78, 5) is 3.84. The van der Waals surface area contributed by atoms with Gasteiger partial charge in [-0.25, -0.2) is 0 Å². The van der Waals surface area contributed by atoms with Gasteiger partial charge in [-0.15, -0.1) is 11.8 Å². The largest absolute Gasteiger partial charge is 0.389 e. The van der Waals surface area contributed by atoms with Gasteiger partial charge in [0.15, 0.2) is 0 Å². The van der Waals surface area contributed by atoms with Crippen molar-refractivity contribution in [2.45, 2.75) is 25.7 Å². The van der Waals surface area contributed by atoms with E-state index in [1.807, 2.05) is 6.26 Å². The Bertz CT molecular complexity index is 436. The molecule has 0 heterocycles. The number of hydrogen-bond donors (Lipinski definition) is 1. The summed E-state index contributed by atoms with van der Waals surface area (Å²) in [5.74, 6) is 0. The normalized spacial score (nSPS) is 11.4. The summed E-state index contributed by atoms with van der Waals surface area (Å²) in [5.41, 5.74) is 8.23. The molecule has 0 saturated heterocycles. The van der Waals surface area contributed by atoms with E-state index in [2.05, 4.69) is 50.9 Å². The number of nitrogens with zero attached hydrogens (tertiary/aromatic N) is 1. The third-order valence-corrected chi connectivity index (χ3v) is 3.58. The topological polar surface area (TPSA) is 29.3 Å². The average Bonchev–Trinajstić information content (AvgIpc) is 2.25. The Balaban J connectivity index is 3.19. The lowest BCUT2D eigenvalue weighted by Crippen LogP contribution is -2.31. The molecule has 1 aromatic rings. The highest BCUT2D eigenvalue weighted by Crippen LogP contribution is 2.30. The Morgan fingerprint density at radius 3 is 2.44 bits per heavy atom. The molecule has 18 heavy (non-hydrogen) atoms. The Morgan fingerprint density at radius 2 is 2.00 bits per heavy atom. The lowest BCUT2D eigenvalue weighted by Gasteiger charge is -2.30. The molecule has 1 aromatic carbocycles. The molecule has 0 saturated carbocycles. The first-order valence-electron chi connectivity index (χ1n) is 5.94. The van der Waals surface area contributed by atoms with Gasteiger partial charge in [-0.3, -0.25) is 0 Å². The van der Waals surface area contributed by atoms with Crippen LogP contribution in [0.4, 0.5) is 5.69 Å². The number of rotatable bonds is 4. The molecule has 0 aliphatic rings. The minimum atomic E-state index is 0.234. The van der Waals surface area contributed by atoms with E-state index in [0.29, 0.717) is 4.99 Å². The highest BCUT2D eigenvalue weighted by atomic mass is 32.2. The van der Waals surface area contributed by atoms with E-state index >= 15 is 0 Å². The Kier molecular flexibility index (Phi) is 5.05. The van der Waals surface area contributed by atoms with Crippen LogP contribution < -0.4 is 10.6 Å². The molecule has 0 unspecified atom stereocenters. The van der Waals surface area contributed by atoms with E-state index in [9.17, 15) is 0 Å². The van der Waals surface area contributed by atoms with Crippen molar-refractivity contribution in [2.24, 2.45) is 11.1 Å². The summed E-state index contributed by atoms with van der Waals surface area (Å²) >= 11 is 6.88. The fourth-order valence-electron chi connectivity index (χ4n) is 2.05. The SMILES string of the molecule is CSc1cccc(N(C)CC(C)(C)C)c1C(N)=S. The summed E-state index contributed by atoms with van der Waals surface area (Å²) < 4.78 is 0. The third-order valence-electron chi connectivity index (χ3n) is 2.59. The first-order valence-corrected chi connectivity index (χ1v) is 7.57. The maximum Gasteiger partial charge on any atom is 0.107 e. The van der Waals surface area contributed by atoms with Crippen LogP contribution in [0.2, 0.25) is 0 Å². The van der Waals surface area contributed by atoms with Gasteiger partial charge in [0.1, 0.15) is 4.99 Å². The summed E-state index contributed by atoms with van der Waals surface area (Å²) in [6, 6.07) is 6.20. The van der Waals surface area contributed by atoms with Gasteiger partial charge < -0.3 is 10.6 Å². The molecule has 0 amide bonds. The van der Waals surface area contributed by atoms with Gasteiger partial charge >= 0.3 is 0 Å². The molecule has 0 radical (unpaired) electrons. The van der Waals surface area contributed by atoms with E-state index in [-0.39, 0.29) is 5.41 Å². The van der Waals surface area contributed by atoms with Gasteiger partial charge in [0.25, 0.3) is 0 Å².